The van der Waals surface area contributed by atoms with Crippen LogP contribution in [0.2, 0.25) is 0 Å². The number of fused-ring (bicyclic) bond motifs is 5. The summed E-state index contributed by atoms with van der Waals surface area (Å²) in [7, 11) is -4.10. The van der Waals surface area contributed by atoms with E-state index < -0.39 is 28.1 Å². The number of carbonyl (C=O) groups is 1. The zero-order chi connectivity index (χ0) is 25.8. The van der Waals surface area contributed by atoms with Crippen LogP contribution in [0.15, 0.2) is 0 Å². The first-order valence-electron chi connectivity index (χ1n) is 13.5. The van der Waals surface area contributed by atoms with Crippen molar-refractivity contribution in [3.8, 4) is 0 Å². The first kappa shape index (κ1) is 27.3. The van der Waals surface area contributed by atoms with E-state index in [4.69, 9.17) is 4.55 Å². The van der Waals surface area contributed by atoms with E-state index in [0.717, 1.165) is 38.5 Å². The fraction of sp³-hybridized carbons (Fsp3) is 0.962. The number of amides is 1. The second-order valence-electron chi connectivity index (χ2n) is 12.7. The molecule has 4 fully saturated rings. The lowest BCUT2D eigenvalue weighted by molar-refractivity contribution is -0.207. The van der Waals surface area contributed by atoms with Crippen molar-refractivity contribution in [3.05, 3.63) is 0 Å². The summed E-state index contributed by atoms with van der Waals surface area (Å²) in [5.74, 6) is 0.705. The highest BCUT2D eigenvalue weighted by molar-refractivity contribution is 7.85. The predicted octanol–water partition coefficient (Wildman–Crippen LogP) is 2.37. The second-order valence-corrected chi connectivity index (χ2v) is 14.2. The molecule has 8 nitrogen and oxygen atoms in total. The lowest BCUT2D eigenvalue weighted by Crippen LogP contribution is -2.62. The smallest absolute Gasteiger partial charge is 0.266 e. The molecule has 202 valence electrons. The molecule has 4 rings (SSSR count). The molecule has 0 aliphatic heterocycles. The van der Waals surface area contributed by atoms with Gasteiger partial charge in [0.2, 0.25) is 5.91 Å². The third-order valence-corrected chi connectivity index (χ3v) is 11.7. The van der Waals surface area contributed by atoms with Gasteiger partial charge in [0.1, 0.15) is 0 Å². The fourth-order valence-corrected chi connectivity index (χ4v) is 9.46. The third-order valence-electron chi connectivity index (χ3n) is 11.0. The molecule has 4 aliphatic rings. The normalized spacial score (nSPS) is 46.3. The molecule has 0 aromatic rings. The van der Waals surface area contributed by atoms with E-state index in [2.05, 4.69) is 26.1 Å². The zero-order valence-electron chi connectivity index (χ0n) is 21.4. The minimum absolute atomic E-state index is 0.0509. The molecule has 0 bridgehead atoms. The Labute approximate surface area is 210 Å². The Hall–Kier alpha value is -0.740. The van der Waals surface area contributed by atoms with Crippen LogP contribution in [-0.4, -0.2) is 64.8 Å². The van der Waals surface area contributed by atoms with Gasteiger partial charge in [0.25, 0.3) is 10.1 Å². The molecular weight excluding hydrogens is 470 g/mol. The summed E-state index contributed by atoms with van der Waals surface area (Å²) < 4.78 is 30.5. The van der Waals surface area contributed by atoms with Crippen molar-refractivity contribution >= 4 is 16.0 Å². The van der Waals surface area contributed by atoms with Gasteiger partial charge in [0.05, 0.1) is 24.1 Å². The van der Waals surface area contributed by atoms with Crippen LogP contribution in [0.5, 0.6) is 0 Å². The van der Waals surface area contributed by atoms with Gasteiger partial charge in [0.15, 0.2) is 0 Å². The number of hydrogen-bond acceptors (Lipinski definition) is 6. The average molecular weight is 516 g/mol. The Morgan fingerprint density at radius 3 is 2.46 bits per heavy atom. The Morgan fingerprint density at radius 1 is 1.06 bits per heavy atom. The van der Waals surface area contributed by atoms with E-state index >= 15 is 0 Å². The van der Waals surface area contributed by atoms with E-state index in [-0.39, 0.29) is 65.4 Å². The van der Waals surface area contributed by atoms with Gasteiger partial charge >= 0.3 is 0 Å². The van der Waals surface area contributed by atoms with Gasteiger partial charge in [-0.2, -0.15) is 8.42 Å². The Morgan fingerprint density at radius 2 is 1.77 bits per heavy atom. The van der Waals surface area contributed by atoms with Gasteiger partial charge in [-0.05, 0) is 97.7 Å². The summed E-state index contributed by atoms with van der Waals surface area (Å²) >= 11 is 0. The summed E-state index contributed by atoms with van der Waals surface area (Å²) in [5.41, 5.74) is -0.254. The van der Waals surface area contributed by atoms with Crippen molar-refractivity contribution in [1.29, 1.82) is 0 Å². The van der Waals surface area contributed by atoms with Crippen LogP contribution in [0.25, 0.3) is 0 Å². The highest BCUT2D eigenvalue weighted by Crippen LogP contribution is 2.68. The molecule has 35 heavy (non-hydrogen) atoms. The maximum atomic E-state index is 12.2. The first-order chi connectivity index (χ1) is 16.3. The molecule has 0 heterocycles. The summed E-state index contributed by atoms with van der Waals surface area (Å²) in [6.07, 6.45) is 5.67. The van der Waals surface area contributed by atoms with Crippen molar-refractivity contribution in [3.63, 3.8) is 0 Å². The SMILES string of the molecule is C[C@H](CCC(=O)NCCS(=O)(=O)O)C1CCC2C3C(C[C@H](O)[C@@]21C)[C@@]1(C)CC[C@@H](O)CC1C[C@H]3O. The first-order valence-corrected chi connectivity index (χ1v) is 15.1. The molecule has 0 spiro atoms. The summed E-state index contributed by atoms with van der Waals surface area (Å²) in [6.45, 7) is 6.56. The van der Waals surface area contributed by atoms with Gasteiger partial charge in [0, 0.05) is 13.0 Å². The summed E-state index contributed by atoms with van der Waals surface area (Å²) in [4.78, 5) is 12.2. The highest BCUT2D eigenvalue weighted by Gasteiger charge is 2.65. The van der Waals surface area contributed by atoms with E-state index in [1.165, 1.54) is 0 Å². The number of aliphatic hydroxyl groups is 3. The third kappa shape index (κ3) is 5.05. The summed E-state index contributed by atoms with van der Waals surface area (Å²) in [6, 6.07) is 0. The monoisotopic (exact) mass is 515 g/mol. The standard InChI is InChI=1S/C26H45NO7S/c1-15(4-7-23(31)27-10-11-35(32,33)34)18-5-6-19-24-20(14-22(30)26(18,19)3)25(2)9-8-17(28)12-16(25)13-21(24)29/h15-22,24,28-30H,4-14H2,1-3H3,(H,27,31)(H,32,33,34)/t15-,16?,17-,18?,19?,20?,21-,22+,24?,25+,26-/m1/s1. The van der Waals surface area contributed by atoms with E-state index in [0.29, 0.717) is 18.8 Å². The van der Waals surface area contributed by atoms with Crippen LogP contribution in [0.1, 0.15) is 78.6 Å². The Balaban J connectivity index is 1.43. The van der Waals surface area contributed by atoms with Crippen LogP contribution >= 0.6 is 0 Å². The molecule has 4 aliphatic carbocycles. The van der Waals surface area contributed by atoms with E-state index in [9.17, 15) is 28.5 Å². The van der Waals surface area contributed by atoms with Crippen LogP contribution < -0.4 is 5.32 Å². The molecule has 9 heteroatoms. The fourth-order valence-electron chi connectivity index (χ4n) is 9.10. The van der Waals surface area contributed by atoms with Gasteiger partial charge < -0.3 is 20.6 Å². The van der Waals surface area contributed by atoms with Crippen molar-refractivity contribution in [1.82, 2.24) is 5.32 Å². The number of hydrogen-bond donors (Lipinski definition) is 5. The van der Waals surface area contributed by atoms with Gasteiger partial charge in [-0.1, -0.05) is 20.8 Å². The quantitative estimate of drug-likeness (QED) is 0.327. The number of aliphatic hydroxyl groups excluding tert-OH is 3. The largest absolute Gasteiger partial charge is 0.393 e. The lowest BCUT2D eigenvalue weighted by atomic mass is 9.43. The molecule has 5 unspecified atom stereocenters. The minimum Gasteiger partial charge on any atom is -0.393 e. The van der Waals surface area contributed by atoms with Crippen molar-refractivity contribution in [2.45, 2.75) is 96.9 Å². The van der Waals surface area contributed by atoms with Crippen LogP contribution in [0.3, 0.4) is 0 Å². The van der Waals surface area contributed by atoms with E-state index in [1.807, 2.05) is 0 Å². The minimum atomic E-state index is -4.10. The van der Waals surface area contributed by atoms with Crippen molar-refractivity contribution in [2.75, 3.05) is 12.3 Å². The van der Waals surface area contributed by atoms with Gasteiger partial charge in [-0.25, -0.2) is 0 Å². The van der Waals surface area contributed by atoms with Crippen molar-refractivity contribution in [2.24, 2.45) is 46.3 Å². The molecule has 11 atom stereocenters. The number of rotatable bonds is 7. The van der Waals surface area contributed by atoms with Crippen LogP contribution in [-0.2, 0) is 14.9 Å². The topological polar surface area (TPSA) is 144 Å². The molecule has 0 aromatic carbocycles. The zero-order valence-corrected chi connectivity index (χ0v) is 22.2. The molecule has 5 N–H and O–H groups in total. The van der Waals surface area contributed by atoms with Crippen molar-refractivity contribution < 1.29 is 33.1 Å². The lowest BCUT2D eigenvalue weighted by Gasteiger charge is -2.63. The van der Waals surface area contributed by atoms with E-state index in [1.54, 1.807) is 0 Å². The molecule has 0 saturated heterocycles. The predicted molar refractivity (Wildman–Crippen MR) is 132 cm³/mol. The number of carbonyl (C=O) groups excluding carboxylic acids is 1. The van der Waals surface area contributed by atoms with Gasteiger partial charge in [-0.15, -0.1) is 0 Å². The maximum Gasteiger partial charge on any atom is 0.266 e. The highest BCUT2D eigenvalue weighted by atomic mass is 32.2. The molecule has 4 saturated carbocycles. The average Bonchev–Trinajstić information content (AvgIpc) is 3.12. The molecular formula is C26H45NO7S. The maximum absolute atomic E-state index is 12.2. The summed E-state index contributed by atoms with van der Waals surface area (Å²) in [5, 5.41) is 35.8. The van der Waals surface area contributed by atoms with Crippen LogP contribution in [0, 0.1) is 46.3 Å². The second kappa shape index (κ2) is 9.86. The van der Waals surface area contributed by atoms with Crippen LogP contribution in [0.4, 0.5) is 0 Å². The Bertz CT molecular complexity index is 896. The van der Waals surface area contributed by atoms with Gasteiger partial charge in [-0.3, -0.25) is 9.35 Å². The number of nitrogens with one attached hydrogen (secondary N) is 1. The molecule has 0 aromatic heterocycles. The molecule has 1 amide bonds. The Kier molecular flexibility index (Phi) is 7.69. The molecule has 0 radical (unpaired) electrons.